The molecule has 23 heavy (non-hydrogen) atoms. The molecule has 1 heterocycles. The second-order valence-corrected chi connectivity index (χ2v) is 6.33. The Kier molecular flexibility index (Phi) is 5.21. The van der Waals surface area contributed by atoms with Gasteiger partial charge in [0.2, 0.25) is 0 Å². The van der Waals surface area contributed by atoms with Crippen molar-refractivity contribution in [3.63, 3.8) is 0 Å². The molecule has 0 unspecified atom stereocenters. The summed E-state index contributed by atoms with van der Waals surface area (Å²) in [4.78, 5) is 8.53. The lowest BCUT2D eigenvalue weighted by Gasteiger charge is -2.30. The van der Waals surface area contributed by atoms with Gasteiger partial charge in [0, 0.05) is 23.7 Å². The summed E-state index contributed by atoms with van der Waals surface area (Å²) in [7, 11) is 0. The highest BCUT2D eigenvalue weighted by molar-refractivity contribution is 5.46. The van der Waals surface area contributed by atoms with Crippen LogP contribution in [0.2, 0.25) is 0 Å². The van der Waals surface area contributed by atoms with E-state index in [-0.39, 0.29) is 6.67 Å². The molecule has 1 aromatic heterocycles. The zero-order valence-electron chi connectivity index (χ0n) is 13.6. The molecule has 1 aliphatic carbocycles. The normalized spacial score (nSPS) is 21.1. The molecule has 3 nitrogen and oxygen atoms in total. The van der Waals surface area contributed by atoms with Crippen LogP contribution in [0.3, 0.4) is 0 Å². The number of aromatic nitrogens is 2. The first-order chi connectivity index (χ1) is 11.3. The minimum atomic E-state index is -0.371. The molecule has 1 fully saturated rings. The minimum Gasteiger partial charge on any atom is -0.367 e. The summed E-state index contributed by atoms with van der Waals surface area (Å²) in [6.45, 7) is 1.55. The van der Waals surface area contributed by atoms with Crippen LogP contribution >= 0.6 is 0 Å². The van der Waals surface area contributed by atoms with E-state index in [4.69, 9.17) is 0 Å². The second-order valence-electron chi connectivity index (χ2n) is 6.33. The summed E-state index contributed by atoms with van der Waals surface area (Å²) >= 11 is 0. The van der Waals surface area contributed by atoms with Crippen molar-refractivity contribution in [2.75, 3.05) is 12.0 Å². The van der Waals surface area contributed by atoms with Crippen molar-refractivity contribution in [2.45, 2.75) is 51.0 Å². The molecule has 0 aliphatic heterocycles. The van der Waals surface area contributed by atoms with Crippen LogP contribution in [0, 0.1) is 6.92 Å². The van der Waals surface area contributed by atoms with Crippen LogP contribution in [-0.4, -0.2) is 22.7 Å². The number of halogens is 1. The highest BCUT2D eigenvalue weighted by Crippen LogP contribution is 2.34. The van der Waals surface area contributed by atoms with Gasteiger partial charge in [-0.25, -0.2) is 9.97 Å². The van der Waals surface area contributed by atoms with Gasteiger partial charge in [0.25, 0.3) is 0 Å². The SMILES string of the molecule is Cc1ncnc(N[C@H]2CC[C@@H](c3ccccc3)CC2)c1CCF. The molecule has 1 aromatic carbocycles. The zero-order valence-corrected chi connectivity index (χ0v) is 13.6. The van der Waals surface area contributed by atoms with Gasteiger partial charge in [-0.15, -0.1) is 0 Å². The van der Waals surface area contributed by atoms with Gasteiger partial charge in [0.05, 0.1) is 6.67 Å². The molecule has 1 aliphatic rings. The van der Waals surface area contributed by atoms with Gasteiger partial charge in [0.15, 0.2) is 0 Å². The number of nitrogens with zero attached hydrogens (tertiary/aromatic N) is 2. The van der Waals surface area contributed by atoms with E-state index in [0.717, 1.165) is 29.9 Å². The van der Waals surface area contributed by atoms with E-state index in [9.17, 15) is 4.39 Å². The van der Waals surface area contributed by atoms with Crippen molar-refractivity contribution in [3.8, 4) is 0 Å². The van der Waals surface area contributed by atoms with Crippen LogP contribution in [0.15, 0.2) is 36.7 Å². The Balaban J connectivity index is 1.62. The topological polar surface area (TPSA) is 37.8 Å². The summed E-state index contributed by atoms with van der Waals surface area (Å²) in [5.41, 5.74) is 3.24. The average Bonchev–Trinajstić information content (AvgIpc) is 2.59. The quantitative estimate of drug-likeness (QED) is 0.887. The van der Waals surface area contributed by atoms with E-state index in [1.807, 2.05) is 6.92 Å². The zero-order chi connectivity index (χ0) is 16.1. The number of hydrogen-bond acceptors (Lipinski definition) is 3. The van der Waals surface area contributed by atoms with Crippen molar-refractivity contribution >= 4 is 5.82 Å². The van der Waals surface area contributed by atoms with E-state index in [1.165, 1.54) is 18.4 Å². The van der Waals surface area contributed by atoms with Crippen LogP contribution in [0.4, 0.5) is 10.2 Å². The third-order valence-electron chi connectivity index (χ3n) is 4.84. The first-order valence-corrected chi connectivity index (χ1v) is 8.46. The highest BCUT2D eigenvalue weighted by Gasteiger charge is 2.23. The Morgan fingerprint density at radius 1 is 1.09 bits per heavy atom. The molecule has 0 spiro atoms. The smallest absolute Gasteiger partial charge is 0.133 e. The van der Waals surface area contributed by atoms with Crippen LogP contribution < -0.4 is 5.32 Å². The highest BCUT2D eigenvalue weighted by atomic mass is 19.1. The van der Waals surface area contributed by atoms with Gasteiger partial charge in [0.1, 0.15) is 12.1 Å². The summed E-state index contributed by atoms with van der Waals surface area (Å²) in [6, 6.07) is 11.2. The van der Waals surface area contributed by atoms with E-state index < -0.39 is 0 Å². The summed E-state index contributed by atoms with van der Waals surface area (Å²) in [6.07, 6.45) is 6.56. The number of anilines is 1. The molecule has 3 rings (SSSR count). The van der Waals surface area contributed by atoms with Crippen molar-refractivity contribution in [3.05, 3.63) is 53.5 Å². The monoisotopic (exact) mass is 313 g/mol. The van der Waals surface area contributed by atoms with Gasteiger partial charge in [-0.2, -0.15) is 0 Å². The number of benzene rings is 1. The van der Waals surface area contributed by atoms with Crippen molar-refractivity contribution in [2.24, 2.45) is 0 Å². The van der Waals surface area contributed by atoms with E-state index in [1.54, 1.807) is 6.33 Å². The van der Waals surface area contributed by atoms with Crippen molar-refractivity contribution in [1.29, 1.82) is 0 Å². The maximum absolute atomic E-state index is 12.8. The summed E-state index contributed by atoms with van der Waals surface area (Å²) < 4.78 is 12.8. The Morgan fingerprint density at radius 2 is 1.83 bits per heavy atom. The van der Waals surface area contributed by atoms with E-state index >= 15 is 0 Å². The fraction of sp³-hybridized carbons (Fsp3) is 0.474. The number of alkyl halides is 1. The Bertz CT molecular complexity index is 622. The van der Waals surface area contributed by atoms with Crippen LogP contribution in [0.1, 0.15) is 48.4 Å². The fourth-order valence-corrected chi connectivity index (χ4v) is 3.51. The van der Waals surface area contributed by atoms with E-state index in [0.29, 0.717) is 18.4 Å². The molecule has 1 N–H and O–H groups in total. The third kappa shape index (κ3) is 3.87. The van der Waals surface area contributed by atoms with Crippen molar-refractivity contribution in [1.82, 2.24) is 9.97 Å². The minimum absolute atomic E-state index is 0.371. The molecule has 122 valence electrons. The van der Waals surface area contributed by atoms with Gasteiger partial charge < -0.3 is 5.32 Å². The maximum Gasteiger partial charge on any atom is 0.133 e. The number of rotatable bonds is 5. The predicted octanol–water partition coefficient (Wildman–Crippen LogP) is 4.44. The molecule has 4 heteroatoms. The summed E-state index contributed by atoms with van der Waals surface area (Å²) in [5, 5.41) is 3.53. The van der Waals surface area contributed by atoms with Crippen LogP contribution in [0.5, 0.6) is 0 Å². The lowest BCUT2D eigenvalue weighted by atomic mass is 9.82. The van der Waals surface area contributed by atoms with Crippen LogP contribution in [0.25, 0.3) is 0 Å². The number of nitrogens with one attached hydrogen (secondary N) is 1. The molecule has 1 saturated carbocycles. The lowest BCUT2D eigenvalue weighted by Crippen LogP contribution is -2.26. The average molecular weight is 313 g/mol. The standard InChI is InChI=1S/C19H24FN3/c1-14-18(11-12-20)19(22-13-21-14)23-17-9-7-16(8-10-17)15-5-3-2-4-6-15/h2-6,13,16-17H,7-12H2,1H3,(H,21,22,23)/t16-,17+. The fourth-order valence-electron chi connectivity index (χ4n) is 3.51. The Labute approximate surface area is 137 Å². The Hall–Kier alpha value is -1.97. The van der Waals surface area contributed by atoms with Gasteiger partial charge >= 0.3 is 0 Å². The van der Waals surface area contributed by atoms with Crippen LogP contribution in [-0.2, 0) is 6.42 Å². The lowest BCUT2D eigenvalue weighted by molar-refractivity contribution is 0.411. The third-order valence-corrected chi connectivity index (χ3v) is 4.84. The molecule has 0 bridgehead atoms. The van der Waals surface area contributed by atoms with Gasteiger partial charge in [-0.05, 0) is 44.1 Å². The predicted molar refractivity (Wildman–Crippen MR) is 91.5 cm³/mol. The summed E-state index contributed by atoms with van der Waals surface area (Å²) in [5.74, 6) is 1.48. The van der Waals surface area contributed by atoms with Crippen molar-refractivity contribution < 1.29 is 4.39 Å². The first-order valence-electron chi connectivity index (χ1n) is 8.46. The van der Waals surface area contributed by atoms with E-state index in [2.05, 4.69) is 45.6 Å². The first kappa shape index (κ1) is 15.9. The molecular formula is C19H24FN3. The molecule has 0 radical (unpaired) electrons. The molecule has 0 saturated heterocycles. The number of hydrogen-bond donors (Lipinski definition) is 1. The Morgan fingerprint density at radius 3 is 2.52 bits per heavy atom. The molecular weight excluding hydrogens is 289 g/mol. The molecule has 0 atom stereocenters. The largest absolute Gasteiger partial charge is 0.367 e. The molecule has 0 amide bonds. The maximum atomic E-state index is 12.8. The number of aryl methyl sites for hydroxylation is 1. The molecule has 2 aromatic rings. The van der Waals surface area contributed by atoms with Gasteiger partial charge in [-0.1, -0.05) is 30.3 Å². The second kappa shape index (κ2) is 7.53. The van der Waals surface area contributed by atoms with Gasteiger partial charge in [-0.3, -0.25) is 4.39 Å².